The summed E-state index contributed by atoms with van der Waals surface area (Å²) in [5.41, 5.74) is 7.05. The van der Waals surface area contributed by atoms with Crippen molar-refractivity contribution in [1.29, 1.82) is 0 Å². The zero-order valence-electron chi connectivity index (χ0n) is 47.2. The maximum Gasteiger partial charge on any atom is 2.00 e. The quantitative estimate of drug-likeness (QED) is 0.0246. The van der Waals surface area contributed by atoms with Crippen LogP contribution >= 0.6 is 0 Å². The molecule has 4 aromatic heterocycles. The zero-order chi connectivity index (χ0) is 60.8. The minimum atomic E-state index is -1.42. The molecule has 4 heterocycles. The second-order valence-electron chi connectivity index (χ2n) is 20.8. The molecule has 0 radical (unpaired) electrons. The van der Waals surface area contributed by atoms with Gasteiger partial charge in [0.05, 0.1) is 46.9 Å². The number of hydrogen-bond acceptors (Lipinski definition) is 12. The summed E-state index contributed by atoms with van der Waals surface area (Å²) in [5, 5.41) is 68.7. The van der Waals surface area contributed by atoms with E-state index in [1.165, 1.54) is 60.7 Å². The Morgan fingerprint density at radius 3 is 1.16 bits per heavy atom. The summed E-state index contributed by atoms with van der Waals surface area (Å²) in [6.07, 6.45) is 0.400. The fourth-order valence-electron chi connectivity index (χ4n) is 10.3. The number of anilines is 2. The number of nitrogens with zero attached hydrogens (tertiary/aromatic N) is 4. The van der Waals surface area contributed by atoms with E-state index in [0.29, 0.717) is 67.3 Å². The molecule has 2 amide bonds. The van der Waals surface area contributed by atoms with E-state index in [9.17, 15) is 67.4 Å². The predicted molar refractivity (Wildman–Crippen MR) is 310 cm³/mol. The van der Waals surface area contributed by atoms with Crippen molar-refractivity contribution in [2.24, 2.45) is 0 Å². The topological polar surface area (TPSA) is 255 Å². The number of amides is 2. The van der Waals surface area contributed by atoms with E-state index in [0.717, 1.165) is 0 Å². The normalized spacial score (nSPS) is 12.6. The van der Waals surface area contributed by atoms with Crippen molar-refractivity contribution in [2.45, 2.75) is 116 Å². The van der Waals surface area contributed by atoms with Crippen molar-refractivity contribution < 1.29 is 67.4 Å². The average Bonchev–Trinajstić information content (AvgIpc) is 1.86. The number of aliphatic hydroxyl groups excluding tert-OH is 4. The Bertz CT molecular complexity index is 3320. The van der Waals surface area contributed by atoms with Gasteiger partial charge >= 0.3 is 37.7 Å². The van der Waals surface area contributed by atoms with Crippen molar-refractivity contribution in [3.05, 3.63) is 192 Å². The Morgan fingerprint density at radius 2 is 0.859 bits per heavy atom. The van der Waals surface area contributed by atoms with E-state index >= 15 is 0 Å². The third-order valence-corrected chi connectivity index (χ3v) is 13.7. The molecule has 16 nitrogen and oxygen atoms in total. The van der Waals surface area contributed by atoms with E-state index < -0.39 is 84.3 Å². The molecule has 0 saturated heterocycles. The first-order valence-corrected chi connectivity index (χ1v) is 27.2. The number of carboxylic acid groups (broad SMARTS) is 2. The Labute approximate surface area is 518 Å². The van der Waals surface area contributed by atoms with Gasteiger partial charge in [-0.25, -0.2) is 17.6 Å². The Balaban J connectivity index is 0.000000269. The number of aromatic nitrogens is 4. The van der Waals surface area contributed by atoms with Crippen LogP contribution in [0.1, 0.15) is 110 Å². The number of benzene rings is 4. The summed E-state index contributed by atoms with van der Waals surface area (Å²) >= 11 is 0. The smallest absolute Gasteiger partial charge is 0.550 e. The van der Waals surface area contributed by atoms with Crippen molar-refractivity contribution in [3.63, 3.8) is 0 Å². The summed E-state index contributed by atoms with van der Waals surface area (Å²) < 4.78 is 59.7. The number of rotatable bonds is 24. The van der Waals surface area contributed by atoms with Gasteiger partial charge in [-0.05, 0) is 146 Å². The van der Waals surface area contributed by atoms with Gasteiger partial charge in [-0.15, -0.1) is 0 Å². The zero-order valence-corrected chi connectivity index (χ0v) is 49.4. The van der Waals surface area contributed by atoms with Crippen molar-refractivity contribution in [3.8, 4) is 44.8 Å². The van der Waals surface area contributed by atoms with E-state index in [1.54, 1.807) is 85.5 Å². The second-order valence-corrected chi connectivity index (χ2v) is 20.8. The molecule has 6 N–H and O–H groups in total. The summed E-state index contributed by atoms with van der Waals surface area (Å²) in [7, 11) is 0. The molecule has 8 rings (SSSR count). The van der Waals surface area contributed by atoms with E-state index in [-0.39, 0.29) is 99.7 Å². The van der Waals surface area contributed by atoms with E-state index in [2.05, 4.69) is 20.6 Å². The molecule has 0 unspecified atom stereocenters. The molecule has 0 aliphatic heterocycles. The van der Waals surface area contributed by atoms with Crippen LogP contribution < -0.4 is 20.8 Å². The van der Waals surface area contributed by atoms with Gasteiger partial charge in [0, 0.05) is 108 Å². The van der Waals surface area contributed by atoms with Crippen LogP contribution in [0, 0.1) is 23.3 Å². The monoisotopic (exact) mass is 1190 g/mol. The molecule has 85 heavy (non-hydrogen) atoms. The van der Waals surface area contributed by atoms with Crippen LogP contribution in [-0.4, -0.2) is 125 Å². The van der Waals surface area contributed by atoms with Crippen LogP contribution in [0.15, 0.2) is 146 Å². The summed E-state index contributed by atoms with van der Waals surface area (Å²) in [6.45, 7) is 8.00. The first-order valence-electron chi connectivity index (χ1n) is 27.2. The fraction of sp³-hybridized carbons (Fsp3) is 0.281. The van der Waals surface area contributed by atoms with Crippen molar-refractivity contribution in [1.82, 2.24) is 19.1 Å². The SMILES string of the molecule is CC(C)c1c(C(=O)Nc2cccc(F)c2)c(-c2cccnc2)c(-c2ccc(F)cc2)n1CC[C@@H](O)C[C@@H](O)CC(=O)[O-].CC(C)c1c(C(=O)Nc2cccc(F)c2)c(-c2cccnc2)c(-c2ccc(F)cc2)n1CC[C@@H](O)C[C@@H](O)CC(=O)[O-].[Ca+2]. The van der Waals surface area contributed by atoms with Crippen LogP contribution in [0.25, 0.3) is 44.8 Å². The number of aliphatic carboxylic acids is 2. The molecule has 4 atom stereocenters. The van der Waals surface area contributed by atoms with Gasteiger partial charge in [-0.1, -0.05) is 52.0 Å². The largest absolute Gasteiger partial charge is 2.00 e. The maximum absolute atomic E-state index is 14.0. The molecule has 440 valence electrons. The maximum atomic E-state index is 14.0. The number of halogens is 4. The fourth-order valence-corrected chi connectivity index (χ4v) is 10.3. The average molecular weight is 1190 g/mol. The summed E-state index contributed by atoms with van der Waals surface area (Å²) in [4.78, 5) is 58.2. The van der Waals surface area contributed by atoms with Crippen molar-refractivity contribution >= 4 is 72.9 Å². The third kappa shape index (κ3) is 17.8. The Kier molecular flexibility index (Phi) is 24.3. The molecule has 0 fully saturated rings. The molecule has 8 aromatic rings. The van der Waals surface area contributed by atoms with Gasteiger partial charge in [0.15, 0.2) is 0 Å². The van der Waals surface area contributed by atoms with Crippen molar-refractivity contribution in [2.75, 3.05) is 10.6 Å². The van der Waals surface area contributed by atoms with Gasteiger partial charge in [0.25, 0.3) is 11.8 Å². The van der Waals surface area contributed by atoms with Gasteiger partial charge in [0.1, 0.15) is 23.3 Å². The van der Waals surface area contributed by atoms with Crippen LogP contribution in [0.3, 0.4) is 0 Å². The predicted octanol–water partition coefficient (Wildman–Crippen LogP) is 8.65. The molecule has 0 aliphatic carbocycles. The van der Waals surface area contributed by atoms with Crippen LogP contribution in [0.4, 0.5) is 28.9 Å². The first-order chi connectivity index (χ1) is 40.1. The minimum absolute atomic E-state index is 0. The number of aliphatic hydroxyl groups is 4. The number of carbonyl (C=O) groups excluding carboxylic acids is 4. The molecule has 0 aliphatic rings. The Morgan fingerprint density at radius 1 is 0.494 bits per heavy atom. The van der Waals surface area contributed by atoms with E-state index in [4.69, 9.17) is 0 Å². The summed E-state index contributed by atoms with van der Waals surface area (Å²) in [5.74, 6) is -6.16. The number of hydrogen-bond donors (Lipinski definition) is 6. The third-order valence-electron chi connectivity index (χ3n) is 13.7. The van der Waals surface area contributed by atoms with Gasteiger partial charge < -0.3 is 60.0 Å². The molecule has 21 heteroatoms. The molecular formula is C64H64CaF4N6O10. The van der Waals surface area contributed by atoms with Crippen LogP contribution in [-0.2, 0) is 22.7 Å². The first kappa shape index (κ1) is 66.6. The van der Waals surface area contributed by atoms with Gasteiger partial charge in [0.2, 0.25) is 0 Å². The molecule has 0 spiro atoms. The number of pyridine rings is 2. The van der Waals surface area contributed by atoms with Gasteiger partial charge in [-0.2, -0.15) is 0 Å². The van der Waals surface area contributed by atoms with E-state index in [1.807, 2.05) is 36.8 Å². The number of nitrogens with one attached hydrogen (secondary N) is 2. The van der Waals surface area contributed by atoms with Gasteiger partial charge in [-0.3, -0.25) is 19.6 Å². The summed E-state index contributed by atoms with van der Waals surface area (Å²) in [6, 6.07) is 29.8. The standard InChI is InChI=1S/2C32H33F2N3O5.Ca/c2*1-19(2)30-29(32(42)36-24-7-3-6-23(34)15-24)28(21-5-4-13-35-18-21)31(20-8-10-22(33)11-9-20)37(30)14-12-25(38)16-26(39)17-27(40)41;/h2*3-11,13,15,18-19,25-26,38-39H,12,14,16-17H2,1-2H3,(H,36,42)(H,40,41);/q;;+2/p-2/t2*25-,26-;/m11./s1. The number of carboxylic acids is 2. The second kappa shape index (κ2) is 31.0. The minimum Gasteiger partial charge on any atom is -0.550 e. The number of carbonyl (C=O) groups is 4. The molecule has 4 aromatic carbocycles. The molecular weight excluding hydrogens is 1130 g/mol. The Hall–Kier alpha value is -7.56. The molecule has 0 bridgehead atoms. The van der Waals surface area contributed by atoms with Crippen LogP contribution in [0.2, 0.25) is 0 Å². The van der Waals surface area contributed by atoms with Crippen LogP contribution in [0.5, 0.6) is 0 Å². The molecule has 0 saturated carbocycles.